The van der Waals surface area contributed by atoms with E-state index in [9.17, 15) is 4.39 Å². The smallest absolute Gasteiger partial charge is 0.161 e. The van der Waals surface area contributed by atoms with Crippen LogP contribution in [0.2, 0.25) is 0 Å². The summed E-state index contributed by atoms with van der Waals surface area (Å²) in [5.41, 5.74) is 2.69. The first-order valence-electron chi connectivity index (χ1n) is 7.24. The highest BCUT2D eigenvalue weighted by atomic mass is 32.1. The third-order valence-electron chi connectivity index (χ3n) is 3.35. The second-order valence-electron chi connectivity index (χ2n) is 4.84. The van der Waals surface area contributed by atoms with Gasteiger partial charge in [0, 0.05) is 16.5 Å². The number of halogens is 1. The van der Waals surface area contributed by atoms with Gasteiger partial charge in [0.2, 0.25) is 0 Å². The minimum absolute atomic E-state index is 0.250. The van der Waals surface area contributed by atoms with Gasteiger partial charge in [-0.2, -0.15) is 0 Å². The van der Waals surface area contributed by atoms with Crippen molar-refractivity contribution in [2.45, 2.75) is 6.92 Å². The number of ether oxygens (including phenoxy) is 2. The number of benzene rings is 2. The second-order valence-corrected chi connectivity index (χ2v) is 5.70. The molecule has 0 saturated carbocycles. The van der Waals surface area contributed by atoms with E-state index in [0.717, 1.165) is 21.8 Å². The standard InChI is InChI=1S/C18H16FNO2S/c1-3-22-16-9-6-13(10-17(16)21-2)18-20-15(11-23-18)12-4-7-14(19)8-5-12/h4-11H,3H2,1-2H3. The molecule has 3 nitrogen and oxygen atoms in total. The number of aromatic nitrogens is 1. The zero-order valence-electron chi connectivity index (χ0n) is 12.9. The molecule has 3 aromatic rings. The highest BCUT2D eigenvalue weighted by Crippen LogP contribution is 2.35. The lowest BCUT2D eigenvalue weighted by atomic mass is 10.1. The van der Waals surface area contributed by atoms with Crippen molar-refractivity contribution >= 4 is 11.3 Å². The van der Waals surface area contributed by atoms with Gasteiger partial charge in [0.05, 0.1) is 19.4 Å². The lowest BCUT2D eigenvalue weighted by Gasteiger charge is -2.09. The van der Waals surface area contributed by atoms with Crippen molar-refractivity contribution in [3.05, 3.63) is 53.7 Å². The van der Waals surface area contributed by atoms with Crippen LogP contribution >= 0.6 is 11.3 Å². The molecule has 0 unspecified atom stereocenters. The van der Waals surface area contributed by atoms with Gasteiger partial charge in [-0.15, -0.1) is 11.3 Å². The normalized spacial score (nSPS) is 10.6. The van der Waals surface area contributed by atoms with Crippen molar-refractivity contribution in [3.8, 4) is 33.3 Å². The molecule has 0 N–H and O–H groups in total. The van der Waals surface area contributed by atoms with Crippen LogP contribution in [0, 0.1) is 5.82 Å². The summed E-state index contributed by atoms with van der Waals surface area (Å²) >= 11 is 1.54. The predicted octanol–water partition coefficient (Wildman–Crippen LogP) is 5.02. The molecule has 0 aliphatic heterocycles. The molecule has 0 aliphatic carbocycles. The monoisotopic (exact) mass is 329 g/mol. The van der Waals surface area contributed by atoms with Crippen LogP contribution in [0.15, 0.2) is 47.8 Å². The summed E-state index contributed by atoms with van der Waals surface area (Å²) in [5.74, 6) is 1.15. The van der Waals surface area contributed by atoms with E-state index in [2.05, 4.69) is 4.98 Å². The van der Waals surface area contributed by atoms with Gasteiger partial charge in [-0.1, -0.05) is 0 Å². The molecule has 0 spiro atoms. The maximum Gasteiger partial charge on any atom is 0.161 e. The van der Waals surface area contributed by atoms with Gasteiger partial charge in [0.15, 0.2) is 11.5 Å². The maximum absolute atomic E-state index is 13.0. The fourth-order valence-electron chi connectivity index (χ4n) is 2.23. The Morgan fingerprint density at radius 2 is 1.78 bits per heavy atom. The van der Waals surface area contributed by atoms with Crippen molar-refractivity contribution in [2.24, 2.45) is 0 Å². The van der Waals surface area contributed by atoms with Crippen LogP contribution in [0.4, 0.5) is 4.39 Å². The number of hydrogen-bond acceptors (Lipinski definition) is 4. The summed E-state index contributed by atoms with van der Waals surface area (Å²) in [4.78, 5) is 4.63. The lowest BCUT2D eigenvalue weighted by Crippen LogP contribution is -1.95. The van der Waals surface area contributed by atoms with Gasteiger partial charge in [-0.3, -0.25) is 0 Å². The molecule has 0 aliphatic rings. The van der Waals surface area contributed by atoms with E-state index in [1.807, 2.05) is 30.5 Å². The number of thiazole rings is 1. The first kappa shape index (κ1) is 15.5. The van der Waals surface area contributed by atoms with Crippen LogP contribution in [0.1, 0.15) is 6.92 Å². The van der Waals surface area contributed by atoms with E-state index in [1.54, 1.807) is 19.2 Å². The largest absolute Gasteiger partial charge is 0.493 e. The molecule has 5 heteroatoms. The van der Waals surface area contributed by atoms with E-state index in [4.69, 9.17) is 9.47 Å². The Morgan fingerprint density at radius 1 is 1.04 bits per heavy atom. The summed E-state index contributed by atoms with van der Waals surface area (Å²) in [5, 5.41) is 2.84. The first-order chi connectivity index (χ1) is 11.2. The number of nitrogens with zero attached hydrogens (tertiary/aromatic N) is 1. The molecular formula is C18H16FNO2S. The Bertz CT molecular complexity index is 799. The summed E-state index contributed by atoms with van der Waals surface area (Å²) in [7, 11) is 1.62. The Labute approximate surface area is 138 Å². The van der Waals surface area contributed by atoms with Gasteiger partial charge in [-0.25, -0.2) is 9.37 Å². The fraction of sp³-hybridized carbons (Fsp3) is 0.167. The molecule has 1 aromatic heterocycles. The molecule has 0 amide bonds. The minimum Gasteiger partial charge on any atom is -0.493 e. The Morgan fingerprint density at radius 3 is 2.48 bits per heavy atom. The lowest BCUT2D eigenvalue weighted by molar-refractivity contribution is 0.311. The topological polar surface area (TPSA) is 31.4 Å². The van der Waals surface area contributed by atoms with Crippen LogP contribution in [-0.2, 0) is 0 Å². The third kappa shape index (κ3) is 3.35. The second kappa shape index (κ2) is 6.79. The van der Waals surface area contributed by atoms with Gasteiger partial charge >= 0.3 is 0 Å². The summed E-state index contributed by atoms with van der Waals surface area (Å²) < 4.78 is 23.9. The first-order valence-corrected chi connectivity index (χ1v) is 8.12. The van der Waals surface area contributed by atoms with E-state index in [-0.39, 0.29) is 5.82 Å². The van der Waals surface area contributed by atoms with Crippen molar-refractivity contribution in [1.82, 2.24) is 4.98 Å². The van der Waals surface area contributed by atoms with E-state index < -0.39 is 0 Å². The summed E-state index contributed by atoms with van der Waals surface area (Å²) in [6.45, 7) is 2.52. The van der Waals surface area contributed by atoms with Crippen LogP contribution in [-0.4, -0.2) is 18.7 Å². The molecule has 2 aromatic carbocycles. The molecule has 3 rings (SSSR count). The zero-order valence-corrected chi connectivity index (χ0v) is 13.7. The van der Waals surface area contributed by atoms with Crippen LogP contribution in [0.3, 0.4) is 0 Å². The van der Waals surface area contributed by atoms with Gasteiger partial charge < -0.3 is 9.47 Å². The molecular weight excluding hydrogens is 313 g/mol. The predicted molar refractivity (Wildman–Crippen MR) is 90.7 cm³/mol. The van der Waals surface area contributed by atoms with Crippen molar-refractivity contribution < 1.29 is 13.9 Å². The molecule has 0 saturated heterocycles. The summed E-state index contributed by atoms with van der Waals surface area (Å²) in [6.07, 6.45) is 0. The molecule has 118 valence electrons. The molecule has 23 heavy (non-hydrogen) atoms. The molecule has 0 radical (unpaired) electrons. The number of rotatable bonds is 5. The fourth-order valence-corrected chi connectivity index (χ4v) is 3.06. The molecule has 1 heterocycles. The van der Waals surface area contributed by atoms with E-state index in [1.165, 1.54) is 23.5 Å². The highest BCUT2D eigenvalue weighted by Gasteiger charge is 2.11. The van der Waals surface area contributed by atoms with Crippen LogP contribution in [0.5, 0.6) is 11.5 Å². The molecule has 0 fully saturated rings. The van der Waals surface area contributed by atoms with Crippen molar-refractivity contribution in [3.63, 3.8) is 0 Å². The van der Waals surface area contributed by atoms with Crippen molar-refractivity contribution in [2.75, 3.05) is 13.7 Å². The van der Waals surface area contributed by atoms with Gasteiger partial charge in [0.1, 0.15) is 10.8 Å². The third-order valence-corrected chi connectivity index (χ3v) is 4.25. The average molecular weight is 329 g/mol. The summed E-state index contributed by atoms with van der Waals surface area (Å²) in [6, 6.07) is 12.1. The van der Waals surface area contributed by atoms with E-state index in [0.29, 0.717) is 18.1 Å². The molecule has 0 bridgehead atoms. The Balaban J connectivity index is 1.92. The van der Waals surface area contributed by atoms with Crippen LogP contribution in [0.25, 0.3) is 21.8 Å². The van der Waals surface area contributed by atoms with Crippen molar-refractivity contribution in [1.29, 1.82) is 0 Å². The molecule has 0 atom stereocenters. The van der Waals surface area contributed by atoms with Gasteiger partial charge in [-0.05, 0) is 49.4 Å². The quantitative estimate of drug-likeness (QED) is 0.658. The number of methoxy groups -OCH3 is 1. The van der Waals surface area contributed by atoms with E-state index >= 15 is 0 Å². The SMILES string of the molecule is CCOc1ccc(-c2nc(-c3ccc(F)cc3)cs2)cc1OC. The minimum atomic E-state index is -0.250. The average Bonchev–Trinajstić information content (AvgIpc) is 3.06. The maximum atomic E-state index is 13.0. The Hall–Kier alpha value is -2.40. The van der Waals surface area contributed by atoms with Gasteiger partial charge in [0.25, 0.3) is 0 Å². The number of hydrogen-bond donors (Lipinski definition) is 0. The highest BCUT2D eigenvalue weighted by molar-refractivity contribution is 7.13. The zero-order chi connectivity index (χ0) is 16.2. The Kier molecular flexibility index (Phi) is 4.57. The van der Waals surface area contributed by atoms with Crippen LogP contribution < -0.4 is 9.47 Å².